The van der Waals surface area contributed by atoms with Gasteiger partial charge in [-0.1, -0.05) is 0 Å². The van der Waals surface area contributed by atoms with Crippen molar-refractivity contribution in [3.63, 3.8) is 0 Å². The molecule has 0 aliphatic carbocycles. The summed E-state index contributed by atoms with van der Waals surface area (Å²) in [6.07, 6.45) is 0.873. The fourth-order valence-corrected chi connectivity index (χ4v) is 2.18. The van der Waals surface area contributed by atoms with Crippen LogP contribution in [0.15, 0.2) is 0 Å². The van der Waals surface area contributed by atoms with Crippen LogP contribution < -0.4 is 5.32 Å². The second kappa shape index (κ2) is 10.1. The summed E-state index contributed by atoms with van der Waals surface area (Å²) >= 11 is 0. The summed E-state index contributed by atoms with van der Waals surface area (Å²) in [5.41, 5.74) is -0.963. The monoisotopic (exact) mass is 290 g/mol. The van der Waals surface area contributed by atoms with Gasteiger partial charge in [0.1, 0.15) is 5.54 Å². The van der Waals surface area contributed by atoms with Gasteiger partial charge in [-0.3, -0.25) is 15.0 Å². The van der Waals surface area contributed by atoms with E-state index in [0.29, 0.717) is 26.3 Å². The van der Waals surface area contributed by atoms with Gasteiger partial charge in [-0.05, 0) is 27.2 Å². The predicted octanol–water partition coefficient (Wildman–Crippen LogP) is 0.813. The van der Waals surface area contributed by atoms with Gasteiger partial charge < -0.3 is 14.6 Å². The Kier molecular flexibility index (Phi) is 9.75. The molecule has 0 saturated heterocycles. The Bertz CT molecular complexity index is 274. The summed E-state index contributed by atoms with van der Waals surface area (Å²) in [6, 6.07) is 0.111. The number of carbonyl (C=O) groups is 1. The highest BCUT2D eigenvalue weighted by Crippen LogP contribution is 2.10. The van der Waals surface area contributed by atoms with Crippen LogP contribution in [-0.2, 0) is 14.3 Å². The second-order valence-corrected chi connectivity index (χ2v) is 5.55. The van der Waals surface area contributed by atoms with Gasteiger partial charge in [-0.15, -0.1) is 0 Å². The maximum Gasteiger partial charge on any atom is 0.324 e. The molecule has 0 rings (SSSR count). The van der Waals surface area contributed by atoms with Crippen LogP contribution in [0.2, 0.25) is 0 Å². The number of hydrogen-bond acceptors (Lipinski definition) is 5. The van der Waals surface area contributed by atoms with Crippen molar-refractivity contribution < 1.29 is 19.4 Å². The summed E-state index contributed by atoms with van der Waals surface area (Å²) in [4.78, 5) is 13.7. The first-order chi connectivity index (χ1) is 9.35. The van der Waals surface area contributed by atoms with E-state index in [1.165, 1.54) is 0 Å². The van der Waals surface area contributed by atoms with Gasteiger partial charge in [-0.2, -0.15) is 0 Å². The summed E-state index contributed by atoms with van der Waals surface area (Å²) in [5, 5.41) is 12.6. The molecule has 6 nitrogen and oxygen atoms in total. The Morgan fingerprint density at radius 2 is 1.85 bits per heavy atom. The Hall–Kier alpha value is -0.690. The third-order valence-electron chi connectivity index (χ3n) is 3.05. The van der Waals surface area contributed by atoms with Gasteiger partial charge in [0.15, 0.2) is 0 Å². The van der Waals surface area contributed by atoms with Crippen LogP contribution in [0.5, 0.6) is 0 Å². The molecular weight excluding hydrogens is 260 g/mol. The predicted molar refractivity (Wildman–Crippen MR) is 79.1 cm³/mol. The van der Waals surface area contributed by atoms with Crippen LogP contribution in [-0.4, -0.2) is 74.6 Å². The third-order valence-corrected chi connectivity index (χ3v) is 3.05. The van der Waals surface area contributed by atoms with Crippen molar-refractivity contribution in [2.24, 2.45) is 0 Å². The van der Waals surface area contributed by atoms with E-state index < -0.39 is 11.5 Å². The highest BCUT2D eigenvalue weighted by Gasteiger charge is 2.35. The van der Waals surface area contributed by atoms with E-state index in [1.54, 1.807) is 21.1 Å². The molecule has 0 radical (unpaired) electrons. The maximum absolute atomic E-state index is 11.6. The minimum atomic E-state index is -0.963. The Morgan fingerprint density at radius 3 is 2.30 bits per heavy atom. The molecule has 0 heterocycles. The van der Waals surface area contributed by atoms with Crippen molar-refractivity contribution >= 4 is 5.97 Å². The van der Waals surface area contributed by atoms with Crippen LogP contribution in [0.1, 0.15) is 27.2 Å². The Labute approximate surface area is 122 Å². The van der Waals surface area contributed by atoms with Gasteiger partial charge in [0, 0.05) is 46.5 Å². The molecule has 6 heteroatoms. The number of rotatable bonds is 12. The van der Waals surface area contributed by atoms with Gasteiger partial charge in [0.2, 0.25) is 0 Å². The smallest absolute Gasteiger partial charge is 0.324 e. The number of carboxylic acid groups (broad SMARTS) is 1. The quantitative estimate of drug-likeness (QED) is 0.518. The number of nitrogens with one attached hydrogen (secondary N) is 1. The fraction of sp³-hybridized carbons (Fsp3) is 0.929. The molecule has 0 aromatic rings. The third kappa shape index (κ3) is 7.79. The van der Waals surface area contributed by atoms with Crippen molar-refractivity contribution in [1.82, 2.24) is 10.2 Å². The summed E-state index contributed by atoms with van der Waals surface area (Å²) in [7, 11) is 3.32. The molecular formula is C14H30N2O4. The number of ether oxygens (including phenoxy) is 2. The highest BCUT2D eigenvalue weighted by molar-refractivity contribution is 5.78. The van der Waals surface area contributed by atoms with Crippen LogP contribution in [0.4, 0.5) is 0 Å². The van der Waals surface area contributed by atoms with E-state index in [0.717, 1.165) is 13.0 Å². The summed E-state index contributed by atoms with van der Waals surface area (Å²) in [5.74, 6) is -0.833. The lowest BCUT2D eigenvalue weighted by atomic mass is 10.0. The van der Waals surface area contributed by atoms with E-state index in [9.17, 15) is 9.90 Å². The molecule has 1 atom stereocenters. The average Bonchev–Trinajstić information content (AvgIpc) is 2.34. The van der Waals surface area contributed by atoms with Crippen molar-refractivity contribution in [2.45, 2.75) is 38.8 Å². The van der Waals surface area contributed by atoms with Gasteiger partial charge in [0.05, 0.1) is 6.61 Å². The maximum atomic E-state index is 11.6. The Balaban J connectivity index is 4.64. The first-order valence-corrected chi connectivity index (χ1v) is 7.07. The SMILES string of the molecule is COCCCN(CCOC)CC(C)(NC(C)C)C(=O)O. The molecule has 0 bridgehead atoms. The van der Waals surface area contributed by atoms with Gasteiger partial charge in [0.25, 0.3) is 0 Å². The van der Waals surface area contributed by atoms with E-state index in [-0.39, 0.29) is 6.04 Å². The van der Waals surface area contributed by atoms with E-state index in [4.69, 9.17) is 9.47 Å². The molecule has 0 spiro atoms. The van der Waals surface area contributed by atoms with E-state index in [1.807, 2.05) is 13.8 Å². The Morgan fingerprint density at radius 1 is 1.25 bits per heavy atom. The highest BCUT2D eigenvalue weighted by atomic mass is 16.5. The number of aliphatic carboxylic acids is 1. The van der Waals surface area contributed by atoms with Gasteiger partial charge >= 0.3 is 5.97 Å². The molecule has 0 aliphatic heterocycles. The lowest BCUT2D eigenvalue weighted by Crippen LogP contribution is -2.59. The van der Waals surface area contributed by atoms with Crippen molar-refractivity contribution in [3.05, 3.63) is 0 Å². The fourth-order valence-electron chi connectivity index (χ4n) is 2.18. The summed E-state index contributed by atoms with van der Waals surface area (Å²) < 4.78 is 10.1. The number of methoxy groups -OCH3 is 2. The van der Waals surface area contributed by atoms with Crippen LogP contribution >= 0.6 is 0 Å². The van der Waals surface area contributed by atoms with Crippen LogP contribution in [0, 0.1) is 0 Å². The molecule has 20 heavy (non-hydrogen) atoms. The molecule has 0 aromatic heterocycles. The summed E-state index contributed by atoms with van der Waals surface area (Å²) in [6.45, 7) is 8.83. The van der Waals surface area contributed by atoms with E-state index in [2.05, 4.69) is 10.2 Å². The number of hydrogen-bond donors (Lipinski definition) is 2. The zero-order valence-electron chi connectivity index (χ0n) is 13.4. The topological polar surface area (TPSA) is 71.0 Å². The lowest BCUT2D eigenvalue weighted by molar-refractivity contribution is -0.145. The molecule has 120 valence electrons. The normalized spacial score (nSPS) is 14.8. The molecule has 0 aliphatic rings. The van der Waals surface area contributed by atoms with Crippen molar-refractivity contribution in [1.29, 1.82) is 0 Å². The number of carboxylic acids is 1. The van der Waals surface area contributed by atoms with Gasteiger partial charge in [-0.25, -0.2) is 0 Å². The molecule has 2 N–H and O–H groups in total. The zero-order chi connectivity index (χ0) is 15.6. The molecule has 0 amide bonds. The van der Waals surface area contributed by atoms with E-state index >= 15 is 0 Å². The largest absolute Gasteiger partial charge is 0.480 e. The van der Waals surface area contributed by atoms with Crippen LogP contribution in [0.3, 0.4) is 0 Å². The zero-order valence-corrected chi connectivity index (χ0v) is 13.4. The lowest BCUT2D eigenvalue weighted by Gasteiger charge is -2.34. The second-order valence-electron chi connectivity index (χ2n) is 5.55. The minimum Gasteiger partial charge on any atom is -0.480 e. The van der Waals surface area contributed by atoms with Crippen molar-refractivity contribution in [3.8, 4) is 0 Å². The van der Waals surface area contributed by atoms with Crippen LogP contribution in [0.25, 0.3) is 0 Å². The first kappa shape index (κ1) is 19.3. The molecule has 0 fully saturated rings. The first-order valence-electron chi connectivity index (χ1n) is 7.07. The van der Waals surface area contributed by atoms with Crippen molar-refractivity contribution in [2.75, 3.05) is 47.1 Å². The molecule has 0 saturated carbocycles. The number of nitrogens with zero attached hydrogens (tertiary/aromatic N) is 1. The molecule has 1 unspecified atom stereocenters. The molecule has 0 aromatic carbocycles. The standard InChI is InChI=1S/C14H30N2O4/c1-12(2)15-14(3,13(17)18)11-16(8-10-20-5)7-6-9-19-4/h12,15H,6-11H2,1-5H3,(H,17,18). The minimum absolute atomic E-state index is 0.111. The average molecular weight is 290 g/mol.